The van der Waals surface area contributed by atoms with Gasteiger partial charge in [-0.1, -0.05) is 29.8 Å². The van der Waals surface area contributed by atoms with E-state index in [2.05, 4.69) is 22.4 Å². The molecule has 0 aliphatic carbocycles. The molecule has 0 amide bonds. The molecule has 1 unspecified atom stereocenters. The minimum atomic E-state index is 0.234. The van der Waals surface area contributed by atoms with Crippen LogP contribution < -0.4 is 5.32 Å². The predicted molar refractivity (Wildman–Crippen MR) is 71.2 cm³/mol. The van der Waals surface area contributed by atoms with E-state index in [9.17, 15) is 0 Å². The number of aromatic nitrogens is 1. The third kappa shape index (κ3) is 3.29. The Hall–Kier alpha value is -1.38. The average molecular weight is 247 g/mol. The van der Waals surface area contributed by atoms with Crippen LogP contribution in [-0.2, 0) is 6.42 Å². The summed E-state index contributed by atoms with van der Waals surface area (Å²) in [5.41, 5.74) is 2.31. The SMILES string of the molecule is CNC(Cc1ccc(Cl)cc1)c1ccccn1. The maximum absolute atomic E-state index is 5.87. The zero-order valence-corrected chi connectivity index (χ0v) is 10.5. The first-order valence-electron chi connectivity index (χ1n) is 5.62. The van der Waals surface area contributed by atoms with Crippen molar-refractivity contribution in [2.24, 2.45) is 0 Å². The van der Waals surface area contributed by atoms with Crippen LogP contribution in [0.4, 0.5) is 0 Å². The van der Waals surface area contributed by atoms with Crippen LogP contribution in [0.25, 0.3) is 0 Å². The Morgan fingerprint density at radius 1 is 1.18 bits per heavy atom. The van der Waals surface area contributed by atoms with Gasteiger partial charge >= 0.3 is 0 Å². The van der Waals surface area contributed by atoms with Crippen molar-refractivity contribution in [1.29, 1.82) is 0 Å². The fourth-order valence-corrected chi connectivity index (χ4v) is 1.92. The molecule has 2 rings (SSSR count). The Bertz CT molecular complexity index is 453. The first-order chi connectivity index (χ1) is 8.29. The summed E-state index contributed by atoms with van der Waals surface area (Å²) in [6, 6.07) is 14.1. The van der Waals surface area contributed by atoms with Crippen molar-refractivity contribution >= 4 is 11.6 Å². The van der Waals surface area contributed by atoms with Crippen molar-refractivity contribution in [3.05, 3.63) is 64.9 Å². The van der Waals surface area contributed by atoms with Gasteiger partial charge < -0.3 is 5.32 Å². The summed E-state index contributed by atoms with van der Waals surface area (Å²) in [6.45, 7) is 0. The highest BCUT2D eigenvalue weighted by molar-refractivity contribution is 6.30. The molecule has 0 aliphatic heterocycles. The van der Waals surface area contributed by atoms with E-state index >= 15 is 0 Å². The fraction of sp³-hybridized carbons (Fsp3) is 0.214. The second kappa shape index (κ2) is 5.80. The van der Waals surface area contributed by atoms with Crippen LogP contribution in [0.1, 0.15) is 17.3 Å². The molecule has 0 aliphatic rings. The number of likely N-dealkylation sites (N-methyl/N-ethyl adjacent to an activating group) is 1. The molecule has 2 aromatic rings. The van der Waals surface area contributed by atoms with E-state index in [4.69, 9.17) is 11.6 Å². The monoisotopic (exact) mass is 246 g/mol. The Kier molecular flexibility index (Phi) is 4.13. The van der Waals surface area contributed by atoms with Gasteiger partial charge in [0, 0.05) is 11.2 Å². The normalized spacial score (nSPS) is 12.4. The fourth-order valence-electron chi connectivity index (χ4n) is 1.79. The van der Waals surface area contributed by atoms with E-state index in [1.807, 2.05) is 43.6 Å². The van der Waals surface area contributed by atoms with Crippen LogP contribution in [0.5, 0.6) is 0 Å². The van der Waals surface area contributed by atoms with Gasteiger partial charge in [-0.3, -0.25) is 4.98 Å². The molecule has 17 heavy (non-hydrogen) atoms. The van der Waals surface area contributed by atoms with Crippen LogP contribution >= 0.6 is 11.6 Å². The number of nitrogens with one attached hydrogen (secondary N) is 1. The molecule has 1 aromatic carbocycles. The van der Waals surface area contributed by atoms with Crippen LogP contribution in [0.2, 0.25) is 5.02 Å². The van der Waals surface area contributed by atoms with E-state index in [1.165, 1.54) is 5.56 Å². The maximum atomic E-state index is 5.87. The van der Waals surface area contributed by atoms with Gasteiger partial charge in [0.05, 0.1) is 11.7 Å². The van der Waals surface area contributed by atoms with Crippen LogP contribution in [-0.4, -0.2) is 12.0 Å². The first kappa shape index (κ1) is 12.1. The number of pyridine rings is 1. The summed E-state index contributed by atoms with van der Waals surface area (Å²) in [6.07, 6.45) is 2.73. The molecule has 1 N–H and O–H groups in total. The van der Waals surface area contributed by atoms with Crippen LogP contribution in [0, 0.1) is 0 Å². The van der Waals surface area contributed by atoms with Gasteiger partial charge in [0.1, 0.15) is 0 Å². The quantitative estimate of drug-likeness (QED) is 0.896. The predicted octanol–water partition coefficient (Wildman–Crippen LogP) is 3.24. The van der Waals surface area contributed by atoms with Crippen LogP contribution in [0.3, 0.4) is 0 Å². The molecule has 0 radical (unpaired) electrons. The smallest absolute Gasteiger partial charge is 0.0576 e. The zero-order chi connectivity index (χ0) is 12.1. The first-order valence-corrected chi connectivity index (χ1v) is 6.00. The molecule has 1 aromatic heterocycles. The number of hydrogen-bond acceptors (Lipinski definition) is 2. The van der Waals surface area contributed by atoms with Crippen LogP contribution in [0.15, 0.2) is 48.7 Å². The minimum Gasteiger partial charge on any atom is -0.311 e. The second-order valence-corrected chi connectivity index (χ2v) is 4.36. The van der Waals surface area contributed by atoms with Gasteiger partial charge in [0.2, 0.25) is 0 Å². The van der Waals surface area contributed by atoms with Crippen molar-refractivity contribution in [3.63, 3.8) is 0 Å². The third-order valence-electron chi connectivity index (χ3n) is 2.75. The molecule has 1 atom stereocenters. The molecule has 3 heteroatoms. The van der Waals surface area contributed by atoms with Gasteiger partial charge in [-0.05, 0) is 43.3 Å². The molecular weight excluding hydrogens is 232 g/mol. The summed E-state index contributed by atoms with van der Waals surface area (Å²) in [4.78, 5) is 4.38. The lowest BCUT2D eigenvalue weighted by molar-refractivity contribution is 0.576. The summed E-state index contributed by atoms with van der Waals surface area (Å²) in [5.74, 6) is 0. The molecule has 1 heterocycles. The number of rotatable bonds is 4. The number of halogens is 1. The maximum Gasteiger partial charge on any atom is 0.0576 e. The number of nitrogens with zero attached hydrogens (tertiary/aromatic N) is 1. The van der Waals surface area contributed by atoms with E-state index in [-0.39, 0.29) is 6.04 Å². The average Bonchev–Trinajstić information content (AvgIpc) is 2.39. The summed E-state index contributed by atoms with van der Waals surface area (Å²) < 4.78 is 0. The minimum absolute atomic E-state index is 0.234. The van der Waals surface area contributed by atoms with Crippen molar-refractivity contribution in [2.75, 3.05) is 7.05 Å². The molecule has 0 spiro atoms. The zero-order valence-electron chi connectivity index (χ0n) is 9.73. The van der Waals surface area contributed by atoms with Gasteiger partial charge in [-0.2, -0.15) is 0 Å². The summed E-state index contributed by atoms with van der Waals surface area (Å²) in [5, 5.41) is 4.06. The van der Waals surface area contributed by atoms with Crippen molar-refractivity contribution in [2.45, 2.75) is 12.5 Å². The van der Waals surface area contributed by atoms with E-state index in [1.54, 1.807) is 0 Å². The highest BCUT2D eigenvalue weighted by atomic mass is 35.5. The lowest BCUT2D eigenvalue weighted by atomic mass is 10.0. The number of benzene rings is 1. The molecule has 2 nitrogen and oxygen atoms in total. The summed E-state index contributed by atoms with van der Waals surface area (Å²) in [7, 11) is 1.95. The third-order valence-corrected chi connectivity index (χ3v) is 3.00. The molecule has 88 valence electrons. The number of hydrogen-bond donors (Lipinski definition) is 1. The standard InChI is InChI=1S/C14H15ClN2/c1-16-14(13-4-2-3-9-17-13)10-11-5-7-12(15)8-6-11/h2-9,14,16H,10H2,1H3. The van der Waals surface area contributed by atoms with E-state index < -0.39 is 0 Å². The Morgan fingerprint density at radius 2 is 1.94 bits per heavy atom. The van der Waals surface area contributed by atoms with E-state index in [0.29, 0.717) is 0 Å². The van der Waals surface area contributed by atoms with Gasteiger partial charge in [0.15, 0.2) is 0 Å². The van der Waals surface area contributed by atoms with Gasteiger partial charge in [0.25, 0.3) is 0 Å². The van der Waals surface area contributed by atoms with Crippen molar-refractivity contribution < 1.29 is 0 Å². The summed E-state index contributed by atoms with van der Waals surface area (Å²) >= 11 is 5.87. The van der Waals surface area contributed by atoms with Crippen molar-refractivity contribution in [3.8, 4) is 0 Å². The molecule has 0 saturated heterocycles. The van der Waals surface area contributed by atoms with Gasteiger partial charge in [-0.25, -0.2) is 0 Å². The lowest BCUT2D eigenvalue weighted by Crippen LogP contribution is -2.19. The second-order valence-electron chi connectivity index (χ2n) is 3.93. The highest BCUT2D eigenvalue weighted by Crippen LogP contribution is 2.17. The Labute approximate surface area is 107 Å². The molecule has 0 saturated carbocycles. The van der Waals surface area contributed by atoms with Crippen molar-refractivity contribution in [1.82, 2.24) is 10.3 Å². The highest BCUT2D eigenvalue weighted by Gasteiger charge is 2.10. The Morgan fingerprint density at radius 3 is 2.53 bits per heavy atom. The topological polar surface area (TPSA) is 24.9 Å². The Balaban J connectivity index is 2.13. The largest absolute Gasteiger partial charge is 0.311 e. The lowest BCUT2D eigenvalue weighted by Gasteiger charge is -2.15. The molecular formula is C14H15ClN2. The molecule has 0 fully saturated rings. The van der Waals surface area contributed by atoms with Gasteiger partial charge in [-0.15, -0.1) is 0 Å². The van der Waals surface area contributed by atoms with E-state index in [0.717, 1.165) is 17.1 Å². The molecule has 0 bridgehead atoms.